The molecular weight excluding hydrogens is 200 g/mol. The van der Waals surface area contributed by atoms with Gasteiger partial charge in [0.2, 0.25) is 0 Å². The quantitative estimate of drug-likeness (QED) is 0.779. The van der Waals surface area contributed by atoms with Gasteiger partial charge in [-0.05, 0) is 23.8 Å². The molecule has 0 spiro atoms. The van der Waals surface area contributed by atoms with Crippen LogP contribution in [0.15, 0.2) is 48.5 Å². The number of hydrogen-bond donors (Lipinski definition) is 0. The zero-order valence-electron chi connectivity index (χ0n) is 9.44. The van der Waals surface area contributed by atoms with Crippen LogP contribution in [0.1, 0.15) is 0 Å². The molecule has 0 atom stereocenters. The molecule has 0 aromatic heterocycles. The molecule has 16 heavy (non-hydrogen) atoms. The topological polar surface area (TPSA) is 18.5 Å². The van der Waals surface area contributed by atoms with Crippen molar-refractivity contribution in [1.29, 1.82) is 0 Å². The van der Waals surface area contributed by atoms with Crippen LogP contribution in [0.5, 0.6) is 11.5 Å². The summed E-state index contributed by atoms with van der Waals surface area (Å²) in [6.45, 7) is 0. The van der Waals surface area contributed by atoms with E-state index >= 15 is 0 Å². The van der Waals surface area contributed by atoms with Crippen molar-refractivity contribution in [2.24, 2.45) is 0 Å². The van der Waals surface area contributed by atoms with E-state index in [1.807, 2.05) is 48.5 Å². The van der Waals surface area contributed by atoms with Gasteiger partial charge >= 0.3 is 0 Å². The van der Waals surface area contributed by atoms with E-state index in [1.165, 1.54) is 0 Å². The van der Waals surface area contributed by atoms with E-state index in [2.05, 4.69) is 0 Å². The Morgan fingerprint density at radius 2 is 1.62 bits per heavy atom. The van der Waals surface area contributed by atoms with E-state index in [4.69, 9.17) is 9.47 Å². The third kappa shape index (κ3) is 2.01. The molecule has 0 N–H and O–H groups in total. The van der Waals surface area contributed by atoms with Gasteiger partial charge in [0, 0.05) is 5.56 Å². The van der Waals surface area contributed by atoms with Crippen molar-refractivity contribution in [2.75, 3.05) is 14.2 Å². The molecule has 2 rings (SSSR count). The third-order valence-corrected chi connectivity index (χ3v) is 2.49. The lowest BCUT2D eigenvalue weighted by Crippen LogP contribution is -1.88. The molecule has 0 aliphatic carbocycles. The molecule has 0 saturated heterocycles. The second-order valence-electron chi connectivity index (χ2n) is 3.43. The lowest BCUT2D eigenvalue weighted by atomic mass is 10.0. The van der Waals surface area contributed by atoms with Gasteiger partial charge < -0.3 is 9.47 Å². The van der Waals surface area contributed by atoms with Crippen LogP contribution in [0.3, 0.4) is 0 Å². The summed E-state index contributed by atoms with van der Waals surface area (Å²) >= 11 is 0. The van der Waals surface area contributed by atoms with Crippen LogP contribution in [0.2, 0.25) is 0 Å². The summed E-state index contributed by atoms with van der Waals surface area (Å²) in [5.74, 6) is 1.72. The van der Waals surface area contributed by atoms with Gasteiger partial charge in [0.15, 0.2) is 0 Å². The predicted molar refractivity (Wildman–Crippen MR) is 65.0 cm³/mol. The van der Waals surface area contributed by atoms with E-state index < -0.39 is 0 Å². The molecule has 2 nitrogen and oxygen atoms in total. The summed E-state index contributed by atoms with van der Waals surface area (Å²) < 4.78 is 10.5. The van der Waals surface area contributed by atoms with Crippen LogP contribution in [0.4, 0.5) is 0 Å². The molecule has 0 amide bonds. The van der Waals surface area contributed by atoms with Crippen LogP contribution in [-0.2, 0) is 0 Å². The SMILES string of the molecule is COc1cccc(-c2ccccc2OC)c1. The maximum atomic E-state index is 5.33. The van der Waals surface area contributed by atoms with Crippen molar-refractivity contribution in [2.45, 2.75) is 0 Å². The molecule has 0 bridgehead atoms. The van der Waals surface area contributed by atoms with E-state index in [9.17, 15) is 0 Å². The zero-order valence-corrected chi connectivity index (χ0v) is 9.44. The van der Waals surface area contributed by atoms with Gasteiger partial charge in [-0.1, -0.05) is 30.3 Å². The first-order chi connectivity index (χ1) is 7.85. The monoisotopic (exact) mass is 214 g/mol. The van der Waals surface area contributed by atoms with Crippen LogP contribution in [0.25, 0.3) is 11.1 Å². The first kappa shape index (κ1) is 10.6. The summed E-state index contributed by atoms with van der Waals surface area (Å²) in [4.78, 5) is 0. The largest absolute Gasteiger partial charge is 0.497 e. The minimum atomic E-state index is 0.850. The molecular formula is C14H14O2. The molecule has 2 aromatic carbocycles. The van der Waals surface area contributed by atoms with Crippen molar-refractivity contribution in [3.63, 3.8) is 0 Å². The zero-order chi connectivity index (χ0) is 11.4. The van der Waals surface area contributed by atoms with Gasteiger partial charge in [-0.25, -0.2) is 0 Å². The van der Waals surface area contributed by atoms with Crippen molar-refractivity contribution in [3.8, 4) is 22.6 Å². The van der Waals surface area contributed by atoms with Crippen molar-refractivity contribution in [1.82, 2.24) is 0 Å². The summed E-state index contributed by atoms with van der Waals surface area (Å²) in [6.07, 6.45) is 0. The van der Waals surface area contributed by atoms with Crippen LogP contribution in [-0.4, -0.2) is 14.2 Å². The highest BCUT2D eigenvalue weighted by Crippen LogP contribution is 2.31. The number of benzene rings is 2. The fraction of sp³-hybridized carbons (Fsp3) is 0.143. The number of ether oxygens (including phenoxy) is 2. The maximum Gasteiger partial charge on any atom is 0.126 e. The molecule has 0 aliphatic rings. The Morgan fingerprint density at radius 3 is 2.38 bits per heavy atom. The van der Waals surface area contributed by atoms with Crippen molar-refractivity contribution >= 4 is 0 Å². The minimum Gasteiger partial charge on any atom is -0.497 e. The summed E-state index contributed by atoms with van der Waals surface area (Å²) in [7, 11) is 3.35. The van der Waals surface area contributed by atoms with E-state index in [0.29, 0.717) is 0 Å². The van der Waals surface area contributed by atoms with Gasteiger partial charge in [-0.15, -0.1) is 0 Å². The maximum absolute atomic E-state index is 5.33. The standard InChI is InChI=1S/C14H14O2/c1-15-12-7-5-6-11(10-12)13-8-3-4-9-14(13)16-2/h3-10H,1-2H3. The summed E-state index contributed by atoms with van der Waals surface area (Å²) in [5, 5.41) is 0. The molecule has 0 radical (unpaired) electrons. The highest BCUT2D eigenvalue weighted by molar-refractivity contribution is 5.71. The van der Waals surface area contributed by atoms with Gasteiger partial charge in [0.25, 0.3) is 0 Å². The first-order valence-corrected chi connectivity index (χ1v) is 5.12. The van der Waals surface area contributed by atoms with Gasteiger partial charge in [-0.2, -0.15) is 0 Å². The van der Waals surface area contributed by atoms with E-state index in [1.54, 1.807) is 14.2 Å². The predicted octanol–water partition coefficient (Wildman–Crippen LogP) is 3.37. The number of para-hydroxylation sites is 1. The van der Waals surface area contributed by atoms with Crippen molar-refractivity contribution in [3.05, 3.63) is 48.5 Å². The average Bonchev–Trinajstić information content (AvgIpc) is 2.38. The van der Waals surface area contributed by atoms with Crippen LogP contribution >= 0.6 is 0 Å². The fourth-order valence-electron chi connectivity index (χ4n) is 1.67. The van der Waals surface area contributed by atoms with Crippen LogP contribution < -0.4 is 9.47 Å². The Bertz CT molecular complexity index is 478. The fourth-order valence-corrected chi connectivity index (χ4v) is 1.67. The minimum absolute atomic E-state index is 0.850. The second kappa shape index (κ2) is 4.71. The Balaban J connectivity index is 2.49. The van der Waals surface area contributed by atoms with Gasteiger partial charge in [0.1, 0.15) is 11.5 Å². The van der Waals surface area contributed by atoms with Gasteiger partial charge in [0.05, 0.1) is 14.2 Å². The first-order valence-electron chi connectivity index (χ1n) is 5.12. The Morgan fingerprint density at radius 1 is 0.812 bits per heavy atom. The Labute approximate surface area is 95.4 Å². The summed E-state index contributed by atoms with van der Waals surface area (Å²) in [6, 6.07) is 15.9. The molecule has 0 saturated carbocycles. The lowest BCUT2D eigenvalue weighted by Gasteiger charge is -2.09. The molecule has 0 unspecified atom stereocenters. The third-order valence-electron chi connectivity index (χ3n) is 2.49. The highest BCUT2D eigenvalue weighted by atomic mass is 16.5. The highest BCUT2D eigenvalue weighted by Gasteiger charge is 2.04. The Hall–Kier alpha value is -1.96. The number of methoxy groups -OCH3 is 2. The normalized spacial score (nSPS) is 9.88. The molecule has 0 fully saturated rings. The van der Waals surface area contributed by atoms with Crippen LogP contribution in [0, 0.1) is 0 Å². The van der Waals surface area contributed by atoms with Crippen molar-refractivity contribution < 1.29 is 9.47 Å². The summed E-state index contributed by atoms with van der Waals surface area (Å²) in [5.41, 5.74) is 2.17. The smallest absolute Gasteiger partial charge is 0.126 e. The second-order valence-corrected chi connectivity index (χ2v) is 3.43. The molecule has 2 aromatic rings. The Kier molecular flexibility index (Phi) is 3.10. The molecule has 0 heterocycles. The number of rotatable bonds is 3. The van der Waals surface area contributed by atoms with Gasteiger partial charge in [-0.3, -0.25) is 0 Å². The molecule has 2 heteroatoms. The lowest BCUT2D eigenvalue weighted by molar-refractivity contribution is 0.413. The molecule has 0 aliphatic heterocycles. The van der Waals surface area contributed by atoms with E-state index in [-0.39, 0.29) is 0 Å². The number of hydrogen-bond acceptors (Lipinski definition) is 2. The van der Waals surface area contributed by atoms with E-state index in [0.717, 1.165) is 22.6 Å². The molecule has 82 valence electrons. The average molecular weight is 214 g/mol.